The molecule has 5 nitrogen and oxygen atoms in total. The van der Waals surface area contributed by atoms with E-state index in [-0.39, 0.29) is 24.0 Å². The quantitative estimate of drug-likeness (QED) is 0.876. The van der Waals surface area contributed by atoms with Gasteiger partial charge in [-0.3, -0.25) is 4.79 Å². The molecule has 0 unspecified atom stereocenters. The highest BCUT2D eigenvalue weighted by molar-refractivity contribution is 5.97. The van der Waals surface area contributed by atoms with Gasteiger partial charge in [-0.25, -0.2) is 4.79 Å². The molecular formula is C20H29N3O2. The first-order chi connectivity index (χ1) is 12.2. The summed E-state index contributed by atoms with van der Waals surface area (Å²) in [5.74, 6) is -0.0828. The van der Waals surface area contributed by atoms with Gasteiger partial charge in [0.2, 0.25) is 5.91 Å². The molecule has 1 aliphatic heterocycles. The van der Waals surface area contributed by atoms with E-state index in [1.54, 1.807) is 4.90 Å². The summed E-state index contributed by atoms with van der Waals surface area (Å²) in [6, 6.07) is 7.73. The second-order valence-electron chi connectivity index (χ2n) is 7.18. The molecule has 0 bridgehead atoms. The zero-order valence-corrected chi connectivity index (χ0v) is 15.1. The first-order valence-electron chi connectivity index (χ1n) is 9.64. The van der Waals surface area contributed by atoms with Crippen LogP contribution in [0.3, 0.4) is 0 Å². The summed E-state index contributed by atoms with van der Waals surface area (Å²) in [5, 5.41) is 6.09. The number of likely N-dealkylation sites (tertiary alicyclic amines) is 1. The topological polar surface area (TPSA) is 61.4 Å². The molecule has 0 spiro atoms. The van der Waals surface area contributed by atoms with Gasteiger partial charge in [0.05, 0.1) is 0 Å². The van der Waals surface area contributed by atoms with E-state index in [4.69, 9.17) is 0 Å². The Hall–Kier alpha value is -2.04. The number of benzene rings is 1. The van der Waals surface area contributed by atoms with E-state index >= 15 is 0 Å². The molecule has 1 aromatic carbocycles. The summed E-state index contributed by atoms with van der Waals surface area (Å²) in [5.41, 5.74) is 2.04. The van der Waals surface area contributed by atoms with Crippen LogP contribution in [0.5, 0.6) is 0 Å². The predicted octanol–water partition coefficient (Wildman–Crippen LogP) is 3.69. The van der Waals surface area contributed by atoms with Crippen molar-refractivity contribution < 1.29 is 9.59 Å². The van der Waals surface area contributed by atoms with Crippen LogP contribution in [-0.4, -0.2) is 35.5 Å². The smallest absolute Gasteiger partial charge is 0.318 e. The Morgan fingerprint density at radius 3 is 2.44 bits per heavy atom. The molecule has 1 aliphatic carbocycles. The van der Waals surface area contributed by atoms with Gasteiger partial charge in [-0.1, -0.05) is 38.3 Å². The van der Waals surface area contributed by atoms with Crippen molar-refractivity contribution in [2.45, 2.75) is 70.4 Å². The third-order valence-corrected chi connectivity index (χ3v) is 5.38. The second kappa shape index (κ2) is 8.37. The van der Waals surface area contributed by atoms with Crippen molar-refractivity contribution in [1.82, 2.24) is 10.2 Å². The zero-order valence-electron chi connectivity index (χ0n) is 15.1. The molecule has 3 rings (SSSR count). The molecule has 0 radical (unpaired) electrons. The summed E-state index contributed by atoms with van der Waals surface area (Å²) in [6.45, 7) is 2.76. The van der Waals surface area contributed by atoms with Crippen molar-refractivity contribution in [2.24, 2.45) is 0 Å². The predicted molar refractivity (Wildman–Crippen MR) is 99.6 cm³/mol. The Kier molecular flexibility index (Phi) is 5.95. The summed E-state index contributed by atoms with van der Waals surface area (Å²) >= 11 is 0. The fourth-order valence-corrected chi connectivity index (χ4v) is 3.84. The minimum Gasteiger partial charge on any atom is -0.335 e. The molecule has 1 saturated carbocycles. The fourth-order valence-electron chi connectivity index (χ4n) is 3.84. The lowest BCUT2D eigenvalue weighted by Gasteiger charge is -2.29. The maximum atomic E-state index is 12.6. The number of hydrogen-bond acceptors (Lipinski definition) is 2. The van der Waals surface area contributed by atoms with Gasteiger partial charge in [0.25, 0.3) is 0 Å². The van der Waals surface area contributed by atoms with Crippen molar-refractivity contribution in [2.75, 3.05) is 11.9 Å². The van der Waals surface area contributed by atoms with Gasteiger partial charge in [0, 0.05) is 18.3 Å². The highest BCUT2D eigenvalue weighted by Gasteiger charge is 2.35. The number of aryl methyl sites for hydroxylation is 1. The molecular weight excluding hydrogens is 314 g/mol. The molecule has 3 amide bonds. The van der Waals surface area contributed by atoms with Crippen molar-refractivity contribution in [1.29, 1.82) is 0 Å². The van der Waals surface area contributed by atoms with E-state index in [0.29, 0.717) is 6.54 Å². The van der Waals surface area contributed by atoms with Crippen LogP contribution in [0.15, 0.2) is 24.3 Å². The molecule has 2 aliphatic rings. The zero-order chi connectivity index (χ0) is 17.6. The largest absolute Gasteiger partial charge is 0.335 e. The number of nitrogens with zero attached hydrogens (tertiary/aromatic N) is 1. The minimum atomic E-state index is -0.366. The van der Waals surface area contributed by atoms with Gasteiger partial charge in [-0.15, -0.1) is 0 Å². The summed E-state index contributed by atoms with van der Waals surface area (Å²) in [4.78, 5) is 27.0. The highest BCUT2D eigenvalue weighted by atomic mass is 16.2. The molecule has 1 atom stereocenters. The number of hydrogen-bond donors (Lipinski definition) is 2. The van der Waals surface area contributed by atoms with Crippen molar-refractivity contribution in [3.8, 4) is 0 Å². The van der Waals surface area contributed by atoms with Gasteiger partial charge >= 0.3 is 6.03 Å². The van der Waals surface area contributed by atoms with Crippen molar-refractivity contribution in [3.63, 3.8) is 0 Å². The van der Waals surface area contributed by atoms with E-state index in [9.17, 15) is 9.59 Å². The van der Waals surface area contributed by atoms with E-state index in [1.807, 2.05) is 24.3 Å². The molecule has 5 heteroatoms. The molecule has 2 fully saturated rings. The van der Waals surface area contributed by atoms with Crippen molar-refractivity contribution in [3.05, 3.63) is 29.8 Å². The van der Waals surface area contributed by atoms with Crippen molar-refractivity contribution >= 4 is 17.6 Å². The van der Waals surface area contributed by atoms with Gasteiger partial charge in [0.1, 0.15) is 6.04 Å². The van der Waals surface area contributed by atoms with Gasteiger partial charge in [-0.05, 0) is 49.8 Å². The summed E-state index contributed by atoms with van der Waals surface area (Å²) in [6.07, 6.45) is 8.33. The van der Waals surface area contributed by atoms with Crippen LogP contribution in [0.2, 0.25) is 0 Å². The number of amides is 3. The molecule has 1 heterocycles. The molecule has 136 valence electrons. The molecule has 25 heavy (non-hydrogen) atoms. The first-order valence-corrected chi connectivity index (χ1v) is 9.64. The number of nitrogens with one attached hydrogen (secondary N) is 2. The monoisotopic (exact) mass is 343 g/mol. The highest BCUT2D eigenvalue weighted by Crippen LogP contribution is 2.22. The van der Waals surface area contributed by atoms with Crippen LogP contribution in [0.1, 0.15) is 57.4 Å². The van der Waals surface area contributed by atoms with E-state index in [2.05, 4.69) is 17.6 Å². The Morgan fingerprint density at radius 2 is 1.76 bits per heavy atom. The number of anilines is 1. The normalized spacial score (nSPS) is 21.2. The van der Waals surface area contributed by atoms with Gasteiger partial charge in [0.15, 0.2) is 0 Å². The third-order valence-electron chi connectivity index (χ3n) is 5.38. The van der Waals surface area contributed by atoms with Crippen LogP contribution in [-0.2, 0) is 11.2 Å². The number of rotatable bonds is 4. The Labute approximate surface area is 150 Å². The van der Waals surface area contributed by atoms with Crippen LogP contribution in [0, 0.1) is 0 Å². The Bertz CT molecular complexity index is 593. The summed E-state index contributed by atoms with van der Waals surface area (Å²) < 4.78 is 0. The van der Waals surface area contributed by atoms with Gasteiger partial charge < -0.3 is 15.5 Å². The first kappa shape index (κ1) is 17.8. The Morgan fingerprint density at radius 1 is 1.04 bits per heavy atom. The fraction of sp³-hybridized carbons (Fsp3) is 0.600. The standard InChI is InChI=1S/C20H29N3O2/c1-2-15-10-12-17(13-11-15)21-19(24)18-9-6-14-23(18)20(25)22-16-7-4-3-5-8-16/h10-13,16,18H,2-9,14H2,1H3,(H,21,24)(H,22,25)/t18-/m0/s1. The SMILES string of the molecule is CCc1ccc(NC(=O)[C@@H]2CCCN2C(=O)NC2CCCCC2)cc1. The molecule has 1 aromatic rings. The number of carbonyl (C=O) groups is 2. The average Bonchev–Trinajstić information content (AvgIpc) is 3.13. The molecule has 1 saturated heterocycles. The summed E-state index contributed by atoms with van der Waals surface area (Å²) in [7, 11) is 0. The number of urea groups is 1. The average molecular weight is 343 g/mol. The van der Waals surface area contributed by atoms with Crippen LogP contribution in [0.4, 0.5) is 10.5 Å². The maximum absolute atomic E-state index is 12.6. The Balaban J connectivity index is 1.57. The second-order valence-corrected chi connectivity index (χ2v) is 7.18. The van der Waals surface area contributed by atoms with E-state index in [0.717, 1.165) is 37.8 Å². The lowest BCUT2D eigenvalue weighted by atomic mass is 9.96. The van der Waals surface area contributed by atoms with Crippen LogP contribution < -0.4 is 10.6 Å². The molecule has 0 aromatic heterocycles. The van der Waals surface area contributed by atoms with Crippen LogP contribution in [0.25, 0.3) is 0 Å². The minimum absolute atomic E-state index is 0.0779. The number of carbonyl (C=O) groups excluding carboxylic acids is 2. The molecule has 2 N–H and O–H groups in total. The lowest BCUT2D eigenvalue weighted by molar-refractivity contribution is -0.119. The van der Waals surface area contributed by atoms with Crippen LogP contribution >= 0.6 is 0 Å². The van der Waals surface area contributed by atoms with E-state index < -0.39 is 0 Å². The lowest BCUT2D eigenvalue weighted by Crippen LogP contribution is -2.50. The van der Waals surface area contributed by atoms with Gasteiger partial charge in [-0.2, -0.15) is 0 Å². The maximum Gasteiger partial charge on any atom is 0.318 e. The third kappa shape index (κ3) is 4.53. The van der Waals surface area contributed by atoms with E-state index in [1.165, 1.54) is 24.8 Å².